The van der Waals surface area contributed by atoms with E-state index in [0.29, 0.717) is 17.8 Å². The summed E-state index contributed by atoms with van der Waals surface area (Å²) in [6.07, 6.45) is 3.38. The minimum absolute atomic E-state index is 0.186. The van der Waals surface area contributed by atoms with Crippen molar-refractivity contribution in [2.45, 2.75) is 20.4 Å². The summed E-state index contributed by atoms with van der Waals surface area (Å²) in [5.74, 6) is -0.186. The van der Waals surface area contributed by atoms with Crippen molar-refractivity contribution in [3.05, 3.63) is 71.6 Å². The highest BCUT2D eigenvalue weighted by Gasteiger charge is 2.08. The van der Waals surface area contributed by atoms with Crippen molar-refractivity contribution in [3.63, 3.8) is 0 Å². The molecule has 0 spiro atoms. The van der Waals surface area contributed by atoms with Gasteiger partial charge in [0, 0.05) is 35.4 Å². The number of hydrogen-bond donors (Lipinski definition) is 2. The number of hydrogen-bond acceptors (Lipinski definition) is 4. The normalized spacial score (nSPS) is 10.6. The highest BCUT2D eigenvalue weighted by Crippen LogP contribution is 2.17. The number of aryl methyl sites for hydroxylation is 1. The first-order valence-corrected chi connectivity index (χ1v) is 7.66. The first-order valence-electron chi connectivity index (χ1n) is 7.66. The number of rotatable bonds is 4. The molecule has 0 unspecified atom stereocenters. The van der Waals surface area contributed by atoms with Crippen LogP contribution in [0.3, 0.4) is 0 Å². The van der Waals surface area contributed by atoms with Crippen LogP contribution in [0, 0.1) is 13.8 Å². The van der Waals surface area contributed by atoms with E-state index in [2.05, 4.69) is 15.3 Å². The van der Waals surface area contributed by atoms with E-state index in [4.69, 9.17) is 5.73 Å². The van der Waals surface area contributed by atoms with E-state index < -0.39 is 0 Å². The van der Waals surface area contributed by atoms with Crippen LogP contribution < -0.4 is 11.1 Å². The van der Waals surface area contributed by atoms with Crippen LogP contribution in [-0.4, -0.2) is 20.4 Å². The van der Waals surface area contributed by atoms with Gasteiger partial charge in [0.2, 0.25) is 0 Å². The number of pyridine rings is 1. The lowest BCUT2D eigenvalue weighted by Crippen LogP contribution is -2.13. The fourth-order valence-corrected chi connectivity index (χ4v) is 2.40. The van der Waals surface area contributed by atoms with E-state index >= 15 is 0 Å². The van der Waals surface area contributed by atoms with E-state index in [0.717, 1.165) is 22.8 Å². The van der Waals surface area contributed by atoms with Crippen molar-refractivity contribution < 1.29 is 4.79 Å². The summed E-state index contributed by atoms with van der Waals surface area (Å²) in [5.41, 5.74) is 10.6. The van der Waals surface area contributed by atoms with Gasteiger partial charge in [-0.1, -0.05) is 0 Å². The minimum Gasteiger partial charge on any atom is -0.325 e. The second kappa shape index (κ2) is 6.64. The number of carbonyl (C=O) groups excluding carboxylic acids is 1. The quantitative estimate of drug-likeness (QED) is 0.773. The van der Waals surface area contributed by atoms with E-state index in [-0.39, 0.29) is 5.91 Å². The van der Waals surface area contributed by atoms with Gasteiger partial charge in [0.05, 0.1) is 17.7 Å². The van der Waals surface area contributed by atoms with Crippen LogP contribution in [0.25, 0.3) is 5.69 Å². The molecule has 1 aromatic carbocycles. The monoisotopic (exact) mass is 321 g/mol. The van der Waals surface area contributed by atoms with Crippen LogP contribution in [0.4, 0.5) is 5.69 Å². The molecule has 6 heteroatoms. The molecular formula is C18H19N5O. The van der Waals surface area contributed by atoms with E-state index in [1.54, 1.807) is 24.7 Å². The molecule has 24 heavy (non-hydrogen) atoms. The first-order chi connectivity index (χ1) is 11.6. The van der Waals surface area contributed by atoms with E-state index in [1.165, 1.54) is 0 Å². The Kier molecular flexibility index (Phi) is 4.39. The lowest BCUT2D eigenvalue weighted by atomic mass is 10.2. The van der Waals surface area contributed by atoms with Crippen molar-refractivity contribution >= 4 is 11.6 Å². The van der Waals surface area contributed by atoms with Gasteiger partial charge in [0.1, 0.15) is 0 Å². The molecule has 2 aromatic heterocycles. The second-order valence-electron chi connectivity index (χ2n) is 5.53. The Labute approximate surface area is 140 Å². The molecule has 3 rings (SSSR count). The fourth-order valence-electron chi connectivity index (χ4n) is 2.40. The average molecular weight is 321 g/mol. The van der Waals surface area contributed by atoms with Crippen LogP contribution in [0.15, 0.2) is 48.9 Å². The largest absolute Gasteiger partial charge is 0.325 e. The summed E-state index contributed by atoms with van der Waals surface area (Å²) in [4.78, 5) is 20.7. The number of benzene rings is 1. The number of anilines is 1. The minimum atomic E-state index is -0.186. The lowest BCUT2D eigenvalue weighted by Gasteiger charge is -2.09. The molecule has 0 saturated carbocycles. The molecule has 0 aliphatic rings. The molecule has 2 heterocycles. The number of nitrogens with two attached hydrogens (primary N) is 1. The standard InChI is InChI=1S/C18H19N5O/c1-12-13(2)23(11-21-12)17-5-3-15(4-6-17)22-18(24)14-7-8-20-16(9-14)10-19/h3-9,11H,10,19H2,1-2H3,(H,22,24). The molecule has 1 amide bonds. The van der Waals surface area contributed by atoms with Gasteiger partial charge >= 0.3 is 0 Å². The Morgan fingerprint density at radius 3 is 2.54 bits per heavy atom. The maximum atomic E-state index is 12.3. The van der Waals surface area contributed by atoms with Crippen molar-refractivity contribution in [1.82, 2.24) is 14.5 Å². The molecule has 3 aromatic rings. The number of amides is 1. The molecule has 6 nitrogen and oxygen atoms in total. The highest BCUT2D eigenvalue weighted by molar-refractivity contribution is 6.04. The average Bonchev–Trinajstić information content (AvgIpc) is 2.95. The van der Waals surface area contributed by atoms with E-state index in [9.17, 15) is 4.79 Å². The molecule has 0 aliphatic carbocycles. The predicted molar refractivity (Wildman–Crippen MR) is 93.1 cm³/mol. The van der Waals surface area contributed by atoms with Crippen molar-refractivity contribution in [1.29, 1.82) is 0 Å². The zero-order chi connectivity index (χ0) is 17.1. The smallest absolute Gasteiger partial charge is 0.255 e. The molecule has 0 saturated heterocycles. The van der Waals surface area contributed by atoms with Gasteiger partial charge in [-0.3, -0.25) is 9.78 Å². The van der Waals surface area contributed by atoms with E-state index in [1.807, 2.05) is 42.7 Å². The Morgan fingerprint density at radius 1 is 1.17 bits per heavy atom. The van der Waals surface area contributed by atoms with Gasteiger partial charge in [0.15, 0.2) is 0 Å². The van der Waals surface area contributed by atoms with Crippen molar-refractivity contribution in [2.24, 2.45) is 5.73 Å². The lowest BCUT2D eigenvalue weighted by molar-refractivity contribution is 0.102. The van der Waals surface area contributed by atoms with Crippen LogP contribution in [0.1, 0.15) is 27.4 Å². The highest BCUT2D eigenvalue weighted by atomic mass is 16.1. The Hall–Kier alpha value is -2.99. The van der Waals surface area contributed by atoms with Crippen LogP contribution in [0.5, 0.6) is 0 Å². The SMILES string of the molecule is Cc1ncn(-c2ccc(NC(=O)c3ccnc(CN)c3)cc2)c1C. The summed E-state index contributed by atoms with van der Waals surface area (Å²) in [6.45, 7) is 4.31. The Morgan fingerprint density at radius 2 is 1.92 bits per heavy atom. The molecular weight excluding hydrogens is 302 g/mol. The van der Waals surface area contributed by atoms with Crippen molar-refractivity contribution in [3.8, 4) is 5.69 Å². The van der Waals surface area contributed by atoms with Crippen LogP contribution >= 0.6 is 0 Å². The predicted octanol–water partition coefficient (Wildman–Crippen LogP) is 2.60. The zero-order valence-corrected chi connectivity index (χ0v) is 13.7. The number of imidazole rings is 1. The van der Waals surface area contributed by atoms with Crippen LogP contribution in [0.2, 0.25) is 0 Å². The van der Waals surface area contributed by atoms with Gasteiger partial charge in [-0.05, 0) is 50.2 Å². The summed E-state index contributed by atoms with van der Waals surface area (Å²) >= 11 is 0. The first kappa shape index (κ1) is 15.9. The Balaban J connectivity index is 1.76. The second-order valence-corrected chi connectivity index (χ2v) is 5.53. The van der Waals surface area contributed by atoms with Crippen LogP contribution in [-0.2, 0) is 6.54 Å². The summed E-state index contributed by atoms with van der Waals surface area (Å²) in [5, 5.41) is 2.88. The third kappa shape index (κ3) is 3.18. The van der Waals surface area contributed by atoms with Crippen molar-refractivity contribution in [2.75, 3.05) is 5.32 Å². The molecule has 0 aliphatic heterocycles. The summed E-state index contributed by atoms with van der Waals surface area (Å²) < 4.78 is 2.01. The topological polar surface area (TPSA) is 85.8 Å². The molecule has 122 valence electrons. The fraction of sp³-hybridized carbons (Fsp3) is 0.167. The number of nitrogens with one attached hydrogen (secondary N) is 1. The molecule has 0 atom stereocenters. The third-order valence-corrected chi connectivity index (χ3v) is 3.94. The maximum Gasteiger partial charge on any atom is 0.255 e. The number of carbonyl (C=O) groups is 1. The van der Waals surface area contributed by atoms with Gasteiger partial charge in [-0.15, -0.1) is 0 Å². The third-order valence-electron chi connectivity index (χ3n) is 3.94. The zero-order valence-electron chi connectivity index (χ0n) is 13.7. The number of aromatic nitrogens is 3. The van der Waals surface area contributed by atoms with Gasteiger partial charge in [-0.25, -0.2) is 4.98 Å². The maximum absolute atomic E-state index is 12.3. The van der Waals surface area contributed by atoms with Gasteiger partial charge in [-0.2, -0.15) is 0 Å². The molecule has 3 N–H and O–H groups in total. The Bertz CT molecular complexity index is 867. The molecule has 0 fully saturated rings. The molecule has 0 radical (unpaired) electrons. The summed E-state index contributed by atoms with van der Waals surface area (Å²) in [7, 11) is 0. The van der Waals surface area contributed by atoms with Gasteiger partial charge < -0.3 is 15.6 Å². The summed E-state index contributed by atoms with van der Waals surface area (Å²) in [6, 6.07) is 11.0. The molecule has 0 bridgehead atoms. The van der Waals surface area contributed by atoms with Gasteiger partial charge in [0.25, 0.3) is 5.91 Å². The number of nitrogens with zero attached hydrogens (tertiary/aromatic N) is 3.